The topological polar surface area (TPSA) is 32.9 Å². The van der Waals surface area contributed by atoms with Gasteiger partial charge in [0.2, 0.25) is 5.78 Å². The summed E-state index contributed by atoms with van der Waals surface area (Å²) >= 11 is 21.7. The predicted molar refractivity (Wildman–Crippen MR) is 63.0 cm³/mol. The molecular weight excluding hydrogens is 280 g/mol. The molecule has 0 saturated carbocycles. The van der Waals surface area contributed by atoms with Crippen molar-refractivity contribution in [3.8, 4) is 11.8 Å². The Morgan fingerprint density at radius 3 is 2.67 bits per heavy atom. The first-order valence-electron chi connectivity index (χ1n) is 3.80. The van der Waals surface area contributed by atoms with Crippen LogP contribution in [-0.4, -0.2) is 20.4 Å². The third-order valence-electron chi connectivity index (χ3n) is 1.48. The zero-order valence-corrected chi connectivity index (χ0v) is 10.3. The number of halogens is 4. The number of nitrogens with one attached hydrogen (secondary N) is 1. The number of alkyl halides is 4. The van der Waals surface area contributed by atoms with Crippen LogP contribution in [0.15, 0.2) is 12.3 Å². The average molecular weight is 285 g/mol. The zero-order chi connectivity index (χ0) is 11.5. The molecule has 1 rings (SSSR count). The number of hydrogen-bond donors (Lipinski definition) is 1. The van der Waals surface area contributed by atoms with E-state index in [1.165, 1.54) is 6.07 Å². The molecule has 1 aromatic rings. The van der Waals surface area contributed by atoms with Crippen LogP contribution in [0.5, 0.6) is 0 Å². The average Bonchev–Trinajstić information content (AvgIpc) is 2.60. The van der Waals surface area contributed by atoms with Gasteiger partial charge in [-0.3, -0.25) is 4.79 Å². The minimum Gasteiger partial charge on any atom is -0.357 e. The summed E-state index contributed by atoms with van der Waals surface area (Å²) in [5.41, 5.74) is 0.821. The highest BCUT2D eigenvalue weighted by Crippen LogP contribution is 2.30. The van der Waals surface area contributed by atoms with Gasteiger partial charge in [-0.25, -0.2) is 0 Å². The van der Waals surface area contributed by atoms with E-state index < -0.39 is 9.58 Å². The number of hydrogen-bond acceptors (Lipinski definition) is 1. The number of aromatic nitrogens is 1. The van der Waals surface area contributed by atoms with Gasteiger partial charge in [0, 0.05) is 11.8 Å². The van der Waals surface area contributed by atoms with Gasteiger partial charge < -0.3 is 4.98 Å². The molecule has 0 aliphatic carbocycles. The summed E-state index contributed by atoms with van der Waals surface area (Å²) in [4.78, 5) is 14.1. The van der Waals surface area contributed by atoms with Crippen molar-refractivity contribution in [2.45, 2.75) is 3.79 Å². The Balaban J connectivity index is 2.90. The second-order valence-electron chi connectivity index (χ2n) is 2.56. The molecule has 0 fully saturated rings. The van der Waals surface area contributed by atoms with Gasteiger partial charge >= 0.3 is 0 Å². The molecule has 0 spiro atoms. The van der Waals surface area contributed by atoms with Crippen molar-refractivity contribution >= 4 is 52.2 Å². The molecule has 80 valence electrons. The fraction of sp³-hybridized carbons (Fsp3) is 0.222. The minimum atomic E-state index is -1.96. The second-order valence-corrected chi connectivity index (χ2v) is 5.11. The minimum absolute atomic E-state index is 0.203. The Morgan fingerprint density at radius 2 is 2.13 bits per heavy atom. The van der Waals surface area contributed by atoms with Crippen LogP contribution in [0, 0.1) is 11.8 Å². The van der Waals surface area contributed by atoms with Crippen molar-refractivity contribution in [3.63, 3.8) is 0 Å². The number of H-pyrrole nitrogens is 1. The molecule has 0 aliphatic heterocycles. The molecule has 0 unspecified atom stereocenters. The summed E-state index contributed by atoms with van der Waals surface area (Å²) in [6.45, 7) is 0. The molecule has 0 aliphatic rings. The number of aromatic amines is 1. The Hall–Kier alpha value is -0.330. The van der Waals surface area contributed by atoms with Crippen molar-refractivity contribution in [1.29, 1.82) is 0 Å². The Bertz CT molecular complexity index is 421. The van der Waals surface area contributed by atoms with Crippen molar-refractivity contribution in [2.24, 2.45) is 0 Å². The smallest absolute Gasteiger partial charge is 0.254 e. The van der Waals surface area contributed by atoms with Crippen LogP contribution < -0.4 is 0 Å². The van der Waals surface area contributed by atoms with Crippen LogP contribution in [0.3, 0.4) is 0 Å². The van der Waals surface area contributed by atoms with E-state index in [1.807, 2.05) is 0 Å². The van der Waals surface area contributed by atoms with E-state index in [0.717, 1.165) is 0 Å². The third-order valence-corrected chi connectivity index (χ3v) is 2.13. The highest BCUT2D eigenvalue weighted by molar-refractivity contribution is 6.77. The van der Waals surface area contributed by atoms with Crippen molar-refractivity contribution < 1.29 is 4.79 Å². The Kier molecular flexibility index (Phi) is 4.36. The molecule has 15 heavy (non-hydrogen) atoms. The van der Waals surface area contributed by atoms with E-state index in [1.54, 1.807) is 6.20 Å². The predicted octanol–water partition coefficient (Wildman–Crippen LogP) is 3.16. The molecule has 0 amide bonds. The Morgan fingerprint density at radius 1 is 1.47 bits per heavy atom. The second kappa shape index (κ2) is 5.14. The van der Waals surface area contributed by atoms with E-state index in [0.29, 0.717) is 5.56 Å². The maximum atomic E-state index is 11.5. The molecular formula is C9H5Cl4NO. The zero-order valence-electron chi connectivity index (χ0n) is 7.28. The molecule has 0 radical (unpaired) electrons. The lowest BCUT2D eigenvalue weighted by atomic mass is 10.2. The van der Waals surface area contributed by atoms with Gasteiger partial charge in [-0.1, -0.05) is 46.6 Å². The van der Waals surface area contributed by atoms with Crippen LogP contribution in [0.1, 0.15) is 16.1 Å². The van der Waals surface area contributed by atoms with E-state index in [-0.39, 0.29) is 11.6 Å². The van der Waals surface area contributed by atoms with Crippen LogP contribution in [0.2, 0.25) is 0 Å². The first-order valence-corrected chi connectivity index (χ1v) is 5.47. The number of rotatable bonds is 1. The molecule has 1 aromatic heterocycles. The van der Waals surface area contributed by atoms with Gasteiger partial charge in [-0.2, -0.15) is 0 Å². The van der Waals surface area contributed by atoms with E-state index in [9.17, 15) is 4.79 Å². The number of carbonyl (C=O) groups excluding carboxylic acids is 1. The van der Waals surface area contributed by atoms with Gasteiger partial charge in [-0.15, -0.1) is 11.6 Å². The van der Waals surface area contributed by atoms with Crippen molar-refractivity contribution in [1.82, 2.24) is 4.98 Å². The van der Waals surface area contributed by atoms with Gasteiger partial charge in [0.25, 0.3) is 3.79 Å². The molecule has 2 nitrogen and oxygen atoms in total. The summed E-state index contributed by atoms with van der Waals surface area (Å²) < 4.78 is -1.96. The molecule has 0 atom stereocenters. The molecule has 6 heteroatoms. The quantitative estimate of drug-likeness (QED) is 0.480. The third kappa shape index (κ3) is 3.62. The first-order chi connectivity index (χ1) is 6.95. The summed E-state index contributed by atoms with van der Waals surface area (Å²) in [7, 11) is 0. The van der Waals surface area contributed by atoms with E-state index in [4.69, 9.17) is 46.4 Å². The molecule has 0 bridgehead atoms. The lowest BCUT2D eigenvalue weighted by Crippen LogP contribution is -2.19. The van der Waals surface area contributed by atoms with Gasteiger partial charge in [-0.05, 0) is 6.07 Å². The van der Waals surface area contributed by atoms with Crippen molar-refractivity contribution in [3.05, 3.63) is 23.5 Å². The number of Topliss-reactive ketones (excluding diaryl/α,β-unsaturated/α-hetero) is 1. The van der Waals surface area contributed by atoms with Gasteiger partial charge in [0.1, 0.15) is 0 Å². The van der Waals surface area contributed by atoms with Crippen LogP contribution in [0.4, 0.5) is 0 Å². The van der Waals surface area contributed by atoms with Gasteiger partial charge in [0.15, 0.2) is 0 Å². The number of ketones is 1. The highest BCUT2D eigenvalue weighted by Gasteiger charge is 2.32. The summed E-state index contributed by atoms with van der Waals surface area (Å²) in [6.07, 6.45) is 1.54. The maximum Gasteiger partial charge on any atom is 0.254 e. The maximum absolute atomic E-state index is 11.5. The molecule has 0 aromatic carbocycles. The first kappa shape index (κ1) is 12.7. The molecule has 1 N–H and O–H groups in total. The SMILES string of the molecule is O=C(c1cc(C#CCCl)c[nH]1)C(Cl)(Cl)Cl. The standard InChI is InChI=1S/C9H5Cl4NO/c10-3-1-2-6-4-7(14-5-6)8(15)9(11,12)13/h4-5,14H,3H2. The largest absolute Gasteiger partial charge is 0.357 e. The molecule has 0 saturated heterocycles. The normalized spacial score (nSPS) is 10.7. The van der Waals surface area contributed by atoms with E-state index in [2.05, 4.69) is 16.8 Å². The lowest BCUT2D eigenvalue weighted by molar-refractivity contribution is 0.0992. The summed E-state index contributed by atoms with van der Waals surface area (Å²) in [5.74, 6) is 4.97. The van der Waals surface area contributed by atoms with Gasteiger partial charge in [0.05, 0.1) is 11.6 Å². The van der Waals surface area contributed by atoms with Crippen LogP contribution in [-0.2, 0) is 0 Å². The highest BCUT2D eigenvalue weighted by atomic mass is 35.6. The van der Waals surface area contributed by atoms with Crippen molar-refractivity contribution in [2.75, 3.05) is 5.88 Å². The monoisotopic (exact) mass is 283 g/mol. The van der Waals surface area contributed by atoms with Crippen LogP contribution in [0.25, 0.3) is 0 Å². The molecule has 1 heterocycles. The fourth-order valence-electron chi connectivity index (χ4n) is 0.886. The summed E-state index contributed by atoms with van der Waals surface area (Å²) in [6, 6.07) is 1.50. The van der Waals surface area contributed by atoms with E-state index >= 15 is 0 Å². The van der Waals surface area contributed by atoms with Crippen LogP contribution >= 0.6 is 46.4 Å². The Labute approximate surface area is 107 Å². The fourth-order valence-corrected chi connectivity index (χ4v) is 1.26. The summed E-state index contributed by atoms with van der Waals surface area (Å²) in [5, 5.41) is 0. The lowest BCUT2D eigenvalue weighted by Gasteiger charge is -2.06. The number of carbonyl (C=O) groups is 1.